The number of benzene rings is 1. The number of pyridine rings is 1. The molecule has 0 radical (unpaired) electrons. The second kappa shape index (κ2) is 10.4. The van der Waals surface area contributed by atoms with E-state index < -0.39 is 0 Å². The lowest BCUT2D eigenvalue weighted by Crippen LogP contribution is -2.37. The number of aliphatic imine (C=N–C) groups is 1. The highest BCUT2D eigenvalue weighted by Crippen LogP contribution is 2.20. The van der Waals surface area contributed by atoms with E-state index in [-0.39, 0.29) is 0 Å². The van der Waals surface area contributed by atoms with E-state index in [0.29, 0.717) is 13.1 Å². The third-order valence-electron chi connectivity index (χ3n) is 5.80. The fraction of sp³-hybridized carbons (Fsp3) is 0.458. The molecule has 1 aliphatic heterocycles. The summed E-state index contributed by atoms with van der Waals surface area (Å²) in [5, 5.41) is 15.2. The van der Waals surface area contributed by atoms with Gasteiger partial charge in [-0.3, -0.25) is 9.30 Å². The Morgan fingerprint density at radius 1 is 1.10 bits per heavy atom. The zero-order valence-electron chi connectivity index (χ0n) is 18.6. The number of aromatic nitrogens is 3. The lowest BCUT2D eigenvalue weighted by atomic mass is 9.99. The van der Waals surface area contributed by atoms with Crippen LogP contribution in [0.3, 0.4) is 0 Å². The molecule has 3 heterocycles. The summed E-state index contributed by atoms with van der Waals surface area (Å²) in [6.07, 6.45) is 4.63. The van der Waals surface area contributed by atoms with Crippen molar-refractivity contribution in [2.24, 2.45) is 10.9 Å². The highest BCUT2D eigenvalue weighted by Gasteiger charge is 2.17. The molecule has 1 atom stereocenters. The largest absolute Gasteiger partial charge is 0.357 e. The van der Waals surface area contributed by atoms with E-state index in [1.165, 1.54) is 37.1 Å². The Hall–Kier alpha value is -2.93. The molecular formula is C24H33N7. The molecule has 0 spiro atoms. The minimum atomic E-state index is 0.560. The van der Waals surface area contributed by atoms with Gasteiger partial charge < -0.3 is 10.6 Å². The van der Waals surface area contributed by atoms with Crippen molar-refractivity contribution in [1.29, 1.82) is 0 Å². The monoisotopic (exact) mass is 419 g/mol. The maximum absolute atomic E-state index is 4.85. The number of piperidine rings is 1. The van der Waals surface area contributed by atoms with E-state index in [4.69, 9.17) is 4.99 Å². The molecule has 0 bridgehead atoms. The van der Waals surface area contributed by atoms with Crippen molar-refractivity contribution < 1.29 is 0 Å². The Labute approximate surface area is 184 Å². The first-order valence-corrected chi connectivity index (χ1v) is 11.3. The molecule has 1 aromatic carbocycles. The molecule has 0 saturated carbocycles. The van der Waals surface area contributed by atoms with Crippen LogP contribution in [0.5, 0.6) is 0 Å². The molecular weight excluding hydrogens is 386 g/mol. The van der Waals surface area contributed by atoms with Crippen molar-refractivity contribution in [3.8, 4) is 0 Å². The van der Waals surface area contributed by atoms with Crippen LogP contribution in [0.15, 0.2) is 53.7 Å². The maximum atomic E-state index is 4.85. The smallest absolute Gasteiger partial charge is 0.191 e. The van der Waals surface area contributed by atoms with Crippen molar-refractivity contribution >= 4 is 11.6 Å². The minimum Gasteiger partial charge on any atom is -0.357 e. The normalized spacial score (nSPS) is 17.7. The van der Waals surface area contributed by atoms with Gasteiger partial charge in [0.15, 0.2) is 17.4 Å². The average molecular weight is 420 g/mol. The highest BCUT2D eigenvalue weighted by atomic mass is 15.3. The molecule has 7 nitrogen and oxygen atoms in total. The summed E-state index contributed by atoms with van der Waals surface area (Å²) in [5.41, 5.74) is 3.51. The average Bonchev–Trinajstić information content (AvgIpc) is 3.20. The summed E-state index contributed by atoms with van der Waals surface area (Å²) in [7, 11) is 0. The second-order valence-electron chi connectivity index (χ2n) is 8.35. The first kappa shape index (κ1) is 21.3. The molecule has 3 aromatic rings. The number of nitrogens with one attached hydrogen (secondary N) is 2. The Morgan fingerprint density at radius 3 is 2.77 bits per heavy atom. The number of likely N-dealkylation sites (tertiary alicyclic amines) is 1. The van der Waals surface area contributed by atoms with E-state index in [2.05, 4.69) is 63.8 Å². The molecule has 0 amide bonds. The van der Waals surface area contributed by atoms with Crippen molar-refractivity contribution in [1.82, 2.24) is 30.1 Å². The molecule has 2 N–H and O–H groups in total. The predicted octanol–water partition coefficient (Wildman–Crippen LogP) is 3.22. The van der Waals surface area contributed by atoms with Gasteiger partial charge in [0.05, 0.1) is 13.1 Å². The number of nitrogens with zero attached hydrogens (tertiary/aromatic N) is 5. The highest BCUT2D eigenvalue weighted by molar-refractivity contribution is 5.79. The molecule has 1 unspecified atom stereocenters. The van der Waals surface area contributed by atoms with Crippen LogP contribution in [0, 0.1) is 5.92 Å². The molecule has 1 fully saturated rings. The van der Waals surface area contributed by atoms with Crippen molar-refractivity contribution in [3.05, 3.63) is 65.6 Å². The van der Waals surface area contributed by atoms with Gasteiger partial charge in [-0.1, -0.05) is 37.3 Å². The van der Waals surface area contributed by atoms with Gasteiger partial charge in [-0.2, -0.15) is 0 Å². The lowest BCUT2D eigenvalue weighted by Gasteiger charge is -2.31. The molecule has 2 aromatic heterocycles. The van der Waals surface area contributed by atoms with Gasteiger partial charge in [0.2, 0.25) is 0 Å². The number of hydrogen-bond acceptors (Lipinski definition) is 4. The van der Waals surface area contributed by atoms with Gasteiger partial charge in [0, 0.05) is 25.8 Å². The van der Waals surface area contributed by atoms with Crippen LogP contribution >= 0.6 is 0 Å². The van der Waals surface area contributed by atoms with Crippen molar-refractivity contribution in [2.45, 2.75) is 46.3 Å². The fourth-order valence-electron chi connectivity index (χ4n) is 4.22. The molecule has 1 aliphatic rings. The van der Waals surface area contributed by atoms with Crippen LogP contribution in [-0.2, 0) is 19.6 Å². The SMILES string of the molecule is CCNC(=NCc1ccccc1CN1CCCC(C)C1)NCc1nnc2ccccn12. The zero-order chi connectivity index (χ0) is 21.5. The van der Waals surface area contributed by atoms with Gasteiger partial charge >= 0.3 is 0 Å². The number of guanidine groups is 1. The molecule has 164 valence electrons. The summed E-state index contributed by atoms with van der Waals surface area (Å²) in [6.45, 7) is 9.84. The van der Waals surface area contributed by atoms with Gasteiger partial charge in [-0.25, -0.2) is 4.99 Å². The van der Waals surface area contributed by atoms with Crippen LogP contribution in [0.25, 0.3) is 5.65 Å². The van der Waals surface area contributed by atoms with E-state index in [0.717, 1.165) is 36.4 Å². The molecule has 0 aliphatic carbocycles. The van der Waals surface area contributed by atoms with E-state index in [9.17, 15) is 0 Å². The number of fused-ring (bicyclic) bond motifs is 1. The number of rotatable bonds is 7. The van der Waals surface area contributed by atoms with Crippen LogP contribution in [-0.4, -0.2) is 45.1 Å². The quantitative estimate of drug-likeness (QED) is 0.455. The van der Waals surface area contributed by atoms with E-state index >= 15 is 0 Å². The standard InChI is InChI=1S/C24H33N7/c1-3-25-24(27-16-23-29-28-22-12-6-7-14-31(22)23)26-15-20-10-4-5-11-21(20)18-30-13-8-9-19(2)17-30/h4-7,10-12,14,19H,3,8-9,13,15-18H2,1-2H3,(H2,25,26,27). The van der Waals surface area contributed by atoms with Crippen molar-refractivity contribution in [2.75, 3.05) is 19.6 Å². The third-order valence-corrected chi connectivity index (χ3v) is 5.80. The minimum absolute atomic E-state index is 0.560. The van der Waals surface area contributed by atoms with Crippen LogP contribution < -0.4 is 10.6 Å². The third kappa shape index (κ3) is 5.61. The first-order chi connectivity index (χ1) is 15.2. The summed E-state index contributed by atoms with van der Waals surface area (Å²) < 4.78 is 1.99. The maximum Gasteiger partial charge on any atom is 0.191 e. The molecule has 1 saturated heterocycles. The Kier molecular flexibility index (Phi) is 7.14. The Morgan fingerprint density at radius 2 is 1.94 bits per heavy atom. The van der Waals surface area contributed by atoms with Gasteiger partial charge in [0.1, 0.15) is 0 Å². The summed E-state index contributed by atoms with van der Waals surface area (Å²) >= 11 is 0. The van der Waals surface area contributed by atoms with Crippen LogP contribution in [0.1, 0.15) is 43.6 Å². The lowest BCUT2D eigenvalue weighted by molar-refractivity contribution is 0.176. The van der Waals surface area contributed by atoms with Crippen LogP contribution in [0.4, 0.5) is 0 Å². The van der Waals surface area contributed by atoms with Crippen molar-refractivity contribution in [3.63, 3.8) is 0 Å². The number of hydrogen-bond donors (Lipinski definition) is 2. The van der Waals surface area contributed by atoms with Gasteiger partial charge in [-0.05, 0) is 55.5 Å². The predicted molar refractivity (Wildman–Crippen MR) is 125 cm³/mol. The zero-order valence-corrected chi connectivity index (χ0v) is 18.6. The summed E-state index contributed by atoms with van der Waals surface area (Å²) in [5.74, 6) is 2.44. The van der Waals surface area contributed by atoms with Gasteiger partial charge in [0.25, 0.3) is 0 Å². The molecule has 31 heavy (non-hydrogen) atoms. The second-order valence-corrected chi connectivity index (χ2v) is 8.35. The summed E-state index contributed by atoms with van der Waals surface area (Å²) in [6, 6.07) is 14.6. The summed E-state index contributed by atoms with van der Waals surface area (Å²) in [4.78, 5) is 7.43. The van der Waals surface area contributed by atoms with E-state index in [1.807, 2.05) is 28.8 Å². The molecule has 7 heteroatoms. The Bertz CT molecular complexity index is 1010. The first-order valence-electron chi connectivity index (χ1n) is 11.3. The molecule has 4 rings (SSSR count). The van der Waals surface area contributed by atoms with Gasteiger partial charge in [-0.15, -0.1) is 10.2 Å². The van der Waals surface area contributed by atoms with Crippen LogP contribution in [0.2, 0.25) is 0 Å². The fourth-order valence-corrected chi connectivity index (χ4v) is 4.22. The topological polar surface area (TPSA) is 69.8 Å². The Balaban J connectivity index is 1.42. The van der Waals surface area contributed by atoms with E-state index in [1.54, 1.807) is 0 Å².